The number of aliphatic hydroxyl groups is 1. The Hall–Kier alpha value is -0.650. The van der Waals surface area contributed by atoms with Crippen molar-refractivity contribution in [3.8, 4) is 11.3 Å². The fourth-order valence-corrected chi connectivity index (χ4v) is 2.05. The van der Waals surface area contributed by atoms with Crippen molar-refractivity contribution in [2.75, 3.05) is 0 Å². The zero-order chi connectivity index (χ0) is 10.8. The maximum Gasteiger partial charge on any atom is 0.162 e. The van der Waals surface area contributed by atoms with Crippen LogP contribution in [0.1, 0.15) is 5.76 Å². The highest BCUT2D eigenvalue weighted by Gasteiger charge is 2.10. The second kappa shape index (κ2) is 4.47. The standard InChI is InChI=1S/C10H7Br2NO2/c11-8-3-1-2-7(10(8)12)9-4-6(5-14)15-13-9/h1-4,14H,5H2. The van der Waals surface area contributed by atoms with Crippen LogP contribution in [-0.4, -0.2) is 10.3 Å². The first-order valence-corrected chi connectivity index (χ1v) is 5.82. The molecule has 2 rings (SSSR count). The first kappa shape index (κ1) is 10.9. The van der Waals surface area contributed by atoms with Crippen LogP contribution >= 0.6 is 31.9 Å². The molecule has 1 heterocycles. The van der Waals surface area contributed by atoms with E-state index in [1.54, 1.807) is 6.07 Å². The van der Waals surface area contributed by atoms with Crippen molar-refractivity contribution in [1.82, 2.24) is 5.16 Å². The maximum absolute atomic E-state index is 8.87. The summed E-state index contributed by atoms with van der Waals surface area (Å²) in [6.07, 6.45) is 0. The Kier molecular flexibility index (Phi) is 3.23. The molecule has 78 valence electrons. The van der Waals surface area contributed by atoms with Gasteiger partial charge < -0.3 is 9.63 Å². The third kappa shape index (κ3) is 2.14. The van der Waals surface area contributed by atoms with E-state index in [4.69, 9.17) is 9.63 Å². The average Bonchev–Trinajstić information content (AvgIpc) is 2.70. The molecule has 0 unspecified atom stereocenters. The Morgan fingerprint density at radius 2 is 2.13 bits per heavy atom. The van der Waals surface area contributed by atoms with E-state index in [1.807, 2.05) is 18.2 Å². The Balaban J connectivity index is 2.49. The lowest BCUT2D eigenvalue weighted by Crippen LogP contribution is -1.80. The van der Waals surface area contributed by atoms with Crippen LogP contribution in [0.15, 0.2) is 37.7 Å². The van der Waals surface area contributed by atoms with E-state index >= 15 is 0 Å². The van der Waals surface area contributed by atoms with Crippen LogP contribution in [0.25, 0.3) is 11.3 Å². The summed E-state index contributed by atoms with van der Waals surface area (Å²) in [5.41, 5.74) is 1.63. The zero-order valence-corrected chi connectivity index (χ0v) is 10.7. The van der Waals surface area contributed by atoms with Crippen LogP contribution in [0, 0.1) is 0 Å². The molecular weight excluding hydrogens is 326 g/mol. The molecule has 1 aromatic carbocycles. The van der Waals surface area contributed by atoms with E-state index in [0.717, 1.165) is 14.5 Å². The van der Waals surface area contributed by atoms with Gasteiger partial charge in [-0.25, -0.2) is 0 Å². The summed E-state index contributed by atoms with van der Waals surface area (Å²) in [4.78, 5) is 0. The fourth-order valence-electron chi connectivity index (χ4n) is 1.22. The van der Waals surface area contributed by atoms with Gasteiger partial charge in [0.1, 0.15) is 12.3 Å². The van der Waals surface area contributed by atoms with Gasteiger partial charge in [-0.15, -0.1) is 0 Å². The number of halogens is 2. The van der Waals surface area contributed by atoms with Crippen LogP contribution in [0.5, 0.6) is 0 Å². The van der Waals surface area contributed by atoms with Crippen LogP contribution < -0.4 is 0 Å². The Labute approximate surface area is 103 Å². The molecular formula is C10H7Br2NO2. The van der Waals surface area contributed by atoms with Gasteiger partial charge >= 0.3 is 0 Å². The van der Waals surface area contributed by atoms with Gasteiger partial charge in [-0.2, -0.15) is 0 Å². The van der Waals surface area contributed by atoms with Crippen molar-refractivity contribution in [2.45, 2.75) is 6.61 Å². The average molecular weight is 333 g/mol. The van der Waals surface area contributed by atoms with Gasteiger partial charge in [0.2, 0.25) is 0 Å². The van der Waals surface area contributed by atoms with E-state index < -0.39 is 0 Å². The Morgan fingerprint density at radius 3 is 2.80 bits per heavy atom. The molecule has 0 bridgehead atoms. The molecule has 0 aliphatic carbocycles. The van der Waals surface area contributed by atoms with Crippen molar-refractivity contribution < 1.29 is 9.63 Å². The summed E-state index contributed by atoms with van der Waals surface area (Å²) in [7, 11) is 0. The molecule has 0 atom stereocenters. The van der Waals surface area contributed by atoms with E-state index in [9.17, 15) is 0 Å². The number of hydrogen-bond acceptors (Lipinski definition) is 3. The lowest BCUT2D eigenvalue weighted by Gasteiger charge is -2.01. The molecule has 0 aliphatic heterocycles. The molecule has 15 heavy (non-hydrogen) atoms. The highest BCUT2D eigenvalue weighted by atomic mass is 79.9. The van der Waals surface area contributed by atoms with Crippen LogP contribution in [0.4, 0.5) is 0 Å². The quantitative estimate of drug-likeness (QED) is 0.917. The molecule has 0 spiro atoms. The molecule has 0 saturated carbocycles. The Morgan fingerprint density at radius 1 is 1.33 bits per heavy atom. The SMILES string of the molecule is OCc1cc(-c2cccc(Br)c2Br)no1. The summed E-state index contributed by atoms with van der Waals surface area (Å²) in [6.45, 7) is -0.140. The molecule has 0 aliphatic rings. The van der Waals surface area contributed by atoms with E-state index in [1.165, 1.54) is 0 Å². The summed E-state index contributed by atoms with van der Waals surface area (Å²) in [5.74, 6) is 0.455. The van der Waals surface area contributed by atoms with Gasteiger partial charge in [0.05, 0.1) is 0 Å². The highest BCUT2D eigenvalue weighted by molar-refractivity contribution is 9.13. The molecule has 1 N–H and O–H groups in total. The highest BCUT2D eigenvalue weighted by Crippen LogP contribution is 2.33. The Bertz CT molecular complexity index is 482. The number of rotatable bonds is 2. The topological polar surface area (TPSA) is 46.3 Å². The molecule has 0 radical (unpaired) electrons. The van der Waals surface area contributed by atoms with E-state index in [-0.39, 0.29) is 6.61 Å². The van der Waals surface area contributed by atoms with Crippen molar-refractivity contribution >= 4 is 31.9 Å². The van der Waals surface area contributed by atoms with E-state index in [2.05, 4.69) is 37.0 Å². The first-order chi connectivity index (χ1) is 7.22. The van der Waals surface area contributed by atoms with E-state index in [0.29, 0.717) is 11.5 Å². The molecule has 0 saturated heterocycles. The second-order valence-electron chi connectivity index (χ2n) is 2.94. The smallest absolute Gasteiger partial charge is 0.162 e. The van der Waals surface area contributed by atoms with Crippen LogP contribution in [-0.2, 0) is 6.61 Å². The van der Waals surface area contributed by atoms with Gasteiger partial charge in [-0.05, 0) is 37.9 Å². The monoisotopic (exact) mass is 331 g/mol. The van der Waals surface area contributed by atoms with Crippen molar-refractivity contribution in [3.05, 3.63) is 39.0 Å². The molecule has 3 nitrogen and oxygen atoms in total. The van der Waals surface area contributed by atoms with Gasteiger partial charge in [0, 0.05) is 20.6 Å². The third-order valence-corrected chi connectivity index (χ3v) is 3.99. The number of aliphatic hydroxyl groups excluding tert-OH is 1. The van der Waals surface area contributed by atoms with Gasteiger partial charge in [0.25, 0.3) is 0 Å². The minimum atomic E-state index is -0.140. The predicted molar refractivity (Wildman–Crippen MR) is 63.3 cm³/mol. The number of aromatic nitrogens is 1. The normalized spacial score (nSPS) is 10.6. The number of benzene rings is 1. The molecule has 0 fully saturated rings. The van der Waals surface area contributed by atoms with Crippen molar-refractivity contribution in [3.63, 3.8) is 0 Å². The minimum Gasteiger partial charge on any atom is -0.388 e. The summed E-state index contributed by atoms with van der Waals surface area (Å²) in [5, 5.41) is 12.7. The molecule has 0 amide bonds. The molecule has 5 heteroatoms. The lowest BCUT2D eigenvalue weighted by atomic mass is 10.1. The number of nitrogens with zero attached hydrogens (tertiary/aromatic N) is 1. The predicted octanol–water partition coefficient (Wildman–Crippen LogP) is 3.36. The zero-order valence-electron chi connectivity index (χ0n) is 7.58. The van der Waals surface area contributed by atoms with Crippen LogP contribution in [0.2, 0.25) is 0 Å². The van der Waals surface area contributed by atoms with Gasteiger partial charge in [-0.1, -0.05) is 17.3 Å². The van der Waals surface area contributed by atoms with Crippen LogP contribution in [0.3, 0.4) is 0 Å². The second-order valence-corrected chi connectivity index (χ2v) is 4.59. The third-order valence-electron chi connectivity index (χ3n) is 1.94. The maximum atomic E-state index is 8.87. The summed E-state index contributed by atoms with van der Waals surface area (Å²) in [6, 6.07) is 7.48. The number of hydrogen-bond donors (Lipinski definition) is 1. The first-order valence-electron chi connectivity index (χ1n) is 4.23. The molecule has 2 aromatic rings. The lowest BCUT2D eigenvalue weighted by molar-refractivity contribution is 0.229. The van der Waals surface area contributed by atoms with Gasteiger partial charge in [-0.3, -0.25) is 0 Å². The van der Waals surface area contributed by atoms with Crippen molar-refractivity contribution in [2.24, 2.45) is 0 Å². The largest absolute Gasteiger partial charge is 0.388 e. The summed E-state index contributed by atoms with van der Waals surface area (Å²) < 4.78 is 6.80. The fraction of sp³-hybridized carbons (Fsp3) is 0.100. The van der Waals surface area contributed by atoms with Gasteiger partial charge in [0.15, 0.2) is 5.76 Å². The molecule has 1 aromatic heterocycles. The van der Waals surface area contributed by atoms with Crippen molar-refractivity contribution in [1.29, 1.82) is 0 Å². The minimum absolute atomic E-state index is 0.140. The summed E-state index contributed by atoms with van der Waals surface area (Å²) >= 11 is 6.87.